The maximum atomic E-state index is 12.6. The fraction of sp³-hybridized carbons (Fsp3) is 0.600. The zero-order valence-electron chi connectivity index (χ0n) is 9.71. The van der Waals surface area contributed by atoms with Gasteiger partial charge in [0, 0.05) is 13.1 Å². The Bertz CT molecular complexity index is 360. The van der Waals surface area contributed by atoms with Gasteiger partial charge in [0.1, 0.15) is 5.70 Å². The number of nitrogens with one attached hydrogen (secondary N) is 1. The Morgan fingerprint density at radius 2 is 1.83 bits per heavy atom. The highest BCUT2D eigenvalue weighted by Crippen LogP contribution is 2.24. The van der Waals surface area contributed by atoms with Crippen molar-refractivity contribution in [3.63, 3.8) is 0 Å². The number of halogens is 3. The molecule has 1 aliphatic rings. The number of esters is 1. The molecule has 1 rings (SSSR count). The van der Waals surface area contributed by atoms with Crippen LogP contribution in [0.4, 0.5) is 18.0 Å². The number of allylic oxidation sites excluding steroid dienone is 1. The van der Waals surface area contributed by atoms with E-state index >= 15 is 0 Å². The topological polar surface area (TPSA) is 58.6 Å². The van der Waals surface area contributed by atoms with Gasteiger partial charge in [-0.2, -0.15) is 13.2 Å². The first-order valence-electron chi connectivity index (χ1n) is 5.27. The Morgan fingerprint density at radius 1 is 1.28 bits per heavy atom. The number of ether oxygens (including phenoxy) is 1. The minimum absolute atomic E-state index is 0.216. The molecule has 0 aliphatic carbocycles. The predicted molar refractivity (Wildman–Crippen MR) is 55.5 cm³/mol. The van der Waals surface area contributed by atoms with Gasteiger partial charge in [-0.05, 0) is 12.8 Å². The number of urea groups is 1. The van der Waals surface area contributed by atoms with Gasteiger partial charge in [0.15, 0.2) is 0 Å². The van der Waals surface area contributed by atoms with Crippen molar-refractivity contribution in [3.05, 3.63) is 11.8 Å². The summed E-state index contributed by atoms with van der Waals surface area (Å²) in [5, 5.41) is 1.69. The second-order valence-corrected chi connectivity index (χ2v) is 3.70. The van der Waals surface area contributed by atoms with Crippen LogP contribution in [0.2, 0.25) is 0 Å². The summed E-state index contributed by atoms with van der Waals surface area (Å²) >= 11 is 0. The van der Waals surface area contributed by atoms with Crippen LogP contribution < -0.4 is 5.32 Å². The van der Waals surface area contributed by atoms with E-state index in [1.807, 2.05) is 0 Å². The predicted octanol–water partition coefficient (Wildman–Crippen LogP) is 1.41. The van der Waals surface area contributed by atoms with Crippen molar-refractivity contribution in [2.45, 2.75) is 19.0 Å². The Morgan fingerprint density at radius 3 is 2.28 bits per heavy atom. The number of hydrogen-bond acceptors (Lipinski definition) is 3. The van der Waals surface area contributed by atoms with Gasteiger partial charge in [0.05, 0.1) is 13.2 Å². The molecular weight excluding hydrogens is 253 g/mol. The highest BCUT2D eigenvalue weighted by Gasteiger charge is 2.37. The third kappa shape index (κ3) is 3.94. The van der Waals surface area contributed by atoms with Gasteiger partial charge in [-0.15, -0.1) is 0 Å². The van der Waals surface area contributed by atoms with Crippen LogP contribution in [-0.2, 0) is 9.53 Å². The van der Waals surface area contributed by atoms with Crippen LogP contribution in [0.1, 0.15) is 12.8 Å². The first kappa shape index (κ1) is 14.3. The maximum Gasteiger partial charge on any atom is 0.431 e. The summed E-state index contributed by atoms with van der Waals surface area (Å²) in [6.07, 6.45) is -3.08. The molecule has 1 fully saturated rings. The monoisotopic (exact) mass is 266 g/mol. The fourth-order valence-corrected chi connectivity index (χ4v) is 1.48. The number of rotatable bonds is 2. The van der Waals surface area contributed by atoms with Gasteiger partial charge in [0.25, 0.3) is 0 Å². The quantitative estimate of drug-likeness (QED) is 0.607. The Labute approximate surface area is 102 Å². The van der Waals surface area contributed by atoms with Gasteiger partial charge < -0.3 is 15.0 Å². The summed E-state index contributed by atoms with van der Waals surface area (Å²) in [7, 11) is 0.953. The molecule has 1 saturated heterocycles. The average molecular weight is 266 g/mol. The van der Waals surface area contributed by atoms with Crippen LogP contribution in [0.3, 0.4) is 0 Å². The van der Waals surface area contributed by atoms with Crippen molar-refractivity contribution in [2.75, 3.05) is 20.2 Å². The summed E-state index contributed by atoms with van der Waals surface area (Å²) in [4.78, 5) is 23.6. The van der Waals surface area contributed by atoms with E-state index < -0.39 is 23.9 Å². The number of methoxy groups -OCH3 is 1. The van der Waals surface area contributed by atoms with Crippen molar-refractivity contribution in [2.24, 2.45) is 0 Å². The first-order valence-corrected chi connectivity index (χ1v) is 5.27. The van der Waals surface area contributed by atoms with E-state index in [1.54, 1.807) is 5.32 Å². The second kappa shape index (κ2) is 5.74. The number of hydrogen-bond donors (Lipinski definition) is 1. The van der Waals surface area contributed by atoms with E-state index in [4.69, 9.17) is 0 Å². The first-order chi connectivity index (χ1) is 8.34. The van der Waals surface area contributed by atoms with Gasteiger partial charge >= 0.3 is 18.2 Å². The Hall–Kier alpha value is -1.73. The molecule has 1 heterocycles. The largest absolute Gasteiger partial charge is 0.466 e. The molecule has 8 heteroatoms. The lowest BCUT2D eigenvalue weighted by atomic mass is 10.4. The van der Waals surface area contributed by atoms with Crippen LogP contribution in [0.15, 0.2) is 11.8 Å². The van der Waals surface area contributed by atoms with Crippen molar-refractivity contribution in [3.8, 4) is 0 Å². The van der Waals surface area contributed by atoms with E-state index in [0.29, 0.717) is 13.1 Å². The minimum Gasteiger partial charge on any atom is -0.466 e. The van der Waals surface area contributed by atoms with E-state index in [-0.39, 0.29) is 6.08 Å². The van der Waals surface area contributed by atoms with Crippen LogP contribution in [-0.4, -0.2) is 43.3 Å². The molecule has 1 aliphatic heterocycles. The summed E-state index contributed by atoms with van der Waals surface area (Å²) < 4.78 is 41.8. The molecule has 2 amide bonds. The lowest BCUT2D eigenvalue weighted by Gasteiger charge is -2.19. The number of likely N-dealkylation sites (tertiary alicyclic amines) is 1. The zero-order valence-corrected chi connectivity index (χ0v) is 9.71. The summed E-state index contributed by atoms with van der Waals surface area (Å²) in [6.45, 7) is 0.824. The maximum absolute atomic E-state index is 12.6. The molecule has 1 N–H and O–H groups in total. The Balaban J connectivity index is 2.75. The van der Waals surface area contributed by atoms with E-state index in [9.17, 15) is 22.8 Å². The SMILES string of the molecule is COC(=O)/C=C(\NC(=O)N1CCCC1)C(F)(F)F. The van der Waals surface area contributed by atoms with Crippen molar-refractivity contribution >= 4 is 12.0 Å². The normalized spacial score (nSPS) is 16.7. The van der Waals surface area contributed by atoms with Crippen LogP contribution >= 0.6 is 0 Å². The van der Waals surface area contributed by atoms with Crippen LogP contribution in [0.25, 0.3) is 0 Å². The molecule has 0 bridgehead atoms. The highest BCUT2D eigenvalue weighted by atomic mass is 19.4. The molecule has 0 unspecified atom stereocenters. The van der Waals surface area contributed by atoms with Crippen molar-refractivity contribution in [1.82, 2.24) is 10.2 Å². The molecule has 0 aromatic heterocycles. The van der Waals surface area contributed by atoms with E-state index in [0.717, 1.165) is 20.0 Å². The fourth-order valence-electron chi connectivity index (χ4n) is 1.48. The van der Waals surface area contributed by atoms with Gasteiger partial charge in [-0.1, -0.05) is 0 Å². The van der Waals surface area contributed by atoms with Gasteiger partial charge in [-0.25, -0.2) is 9.59 Å². The third-order valence-electron chi connectivity index (χ3n) is 2.40. The molecule has 0 spiro atoms. The van der Waals surface area contributed by atoms with E-state index in [1.165, 1.54) is 4.90 Å². The molecule has 5 nitrogen and oxygen atoms in total. The van der Waals surface area contributed by atoms with Crippen LogP contribution in [0.5, 0.6) is 0 Å². The molecule has 0 radical (unpaired) electrons. The molecule has 0 saturated carbocycles. The molecular formula is C10H13F3N2O3. The lowest BCUT2D eigenvalue weighted by Crippen LogP contribution is -2.41. The summed E-state index contributed by atoms with van der Waals surface area (Å²) in [6, 6.07) is -0.861. The van der Waals surface area contributed by atoms with Gasteiger partial charge in [0.2, 0.25) is 0 Å². The zero-order chi connectivity index (χ0) is 13.8. The summed E-state index contributed by atoms with van der Waals surface area (Å²) in [5.41, 5.74) is -1.42. The second-order valence-electron chi connectivity index (χ2n) is 3.70. The minimum atomic E-state index is -4.82. The standard InChI is InChI=1S/C10H13F3N2O3/c1-18-8(16)6-7(10(11,12)13)14-9(17)15-4-2-3-5-15/h6H,2-5H2,1H3,(H,14,17)/b7-6-. The summed E-state index contributed by atoms with van der Waals surface area (Å²) in [5.74, 6) is -1.18. The number of amides is 2. The molecule has 18 heavy (non-hydrogen) atoms. The lowest BCUT2D eigenvalue weighted by molar-refractivity contribution is -0.136. The van der Waals surface area contributed by atoms with Crippen molar-refractivity contribution in [1.29, 1.82) is 0 Å². The molecule has 0 aromatic carbocycles. The number of nitrogens with zero attached hydrogens (tertiary/aromatic N) is 1. The average Bonchev–Trinajstić information content (AvgIpc) is 2.79. The van der Waals surface area contributed by atoms with E-state index in [2.05, 4.69) is 4.74 Å². The molecule has 0 aromatic rings. The molecule has 0 atom stereocenters. The van der Waals surface area contributed by atoms with Gasteiger partial charge in [-0.3, -0.25) is 0 Å². The highest BCUT2D eigenvalue weighted by molar-refractivity contribution is 5.85. The number of carbonyl (C=O) groups is 2. The third-order valence-corrected chi connectivity index (χ3v) is 2.40. The number of alkyl halides is 3. The Kier molecular flexibility index (Phi) is 4.57. The number of carbonyl (C=O) groups excluding carboxylic acids is 2. The van der Waals surface area contributed by atoms with Crippen LogP contribution in [0, 0.1) is 0 Å². The smallest absolute Gasteiger partial charge is 0.431 e. The molecule has 102 valence electrons. The van der Waals surface area contributed by atoms with Crippen molar-refractivity contribution < 1.29 is 27.5 Å².